The summed E-state index contributed by atoms with van der Waals surface area (Å²) in [5.41, 5.74) is 1.90. The highest BCUT2D eigenvalue weighted by atomic mass is 32.2. The molecule has 0 heterocycles. The molecule has 0 aliphatic carbocycles. The van der Waals surface area contributed by atoms with Gasteiger partial charge in [0, 0.05) is 42.5 Å². The van der Waals surface area contributed by atoms with Gasteiger partial charge >= 0.3 is 10.1 Å². The van der Waals surface area contributed by atoms with Crippen LogP contribution in [0.3, 0.4) is 0 Å². The molecule has 4 aromatic carbocycles. The number of methoxy groups -OCH3 is 1. The van der Waals surface area contributed by atoms with E-state index in [1.54, 1.807) is 24.3 Å². The maximum atomic E-state index is 14.0. The monoisotopic (exact) mass is 594 g/mol. The van der Waals surface area contributed by atoms with Crippen LogP contribution in [-0.4, -0.2) is 39.4 Å². The Labute approximate surface area is 245 Å². The van der Waals surface area contributed by atoms with Crippen molar-refractivity contribution in [2.45, 2.75) is 31.8 Å². The van der Waals surface area contributed by atoms with Crippen LogP contribution in [0.1, 0.15) is 35.3 Å². The van der Waals surface area contributed by atoms with Crippen molar-refractivity contribution < 1.29 is 30.9 Å². The van der Waals surface area contributed by atoms with Gasteiger partial charge in [-0.3, -0.25) is 4.79 Å². The number of rotatable bonds is 12. The summed E-state index contributed by atoms with van der Waals surface area (Å²) in [6.45, 7) is 5.30. The third kappa shape index (κ3) is 7.44. The Hall–Kier alpha value is -4.44. The molecular formula is C32H32F2N2O5S. The summed E-state index contributed by atoms with van der Waals surface area (Å²) in [5, 5.41) is 0. The second kappa shape index (κ2) is 13.5. The molecule has 0 aliphatic rings. The number of ether oxygens (including phenoxy) is 1. The smallest absolute Gasteiger partial charge is 0.339 e. The molecule has 0 bridgehead atoms. The summed E-state index contributed by atoms with van der Waals surface area (Å²) in [7, 11) is -2.78. The molecule has 4 rings (SSSR count). The van der Waals surface area contributed by atoms with Gasteiger partial charge in [-0.15, -0.1) is 0 Å². The highest BCUT2D eigenvalue weighted by Crippen LogP contribution is 2.31. The zero-order valence-electron chi connectivity index (χ0n) is 23.6. The van der Waals surface area contributed by atoms with Crippen LogP contribution in [-0.2, 0) is 23.2 Å². The quantitative estimate of drug-likeness (QED) is 0.176. The van der Waals surface area contributed by atoms with Crippen LogP contribution in [0.2, 0.25) is 0 Å². The molecule has 42 heavy (non-hydrogen) atoms. The van der Waals surface area contributed by atoms with E-state index in [9.17, 15) is 22.0 Å². The van der Waals surface area contributed by atoms with Gasteiger partial charge in [0.1, 0.15) is 28.0 Å². The second-order valence-electron chi connectivity index (χ2n) is 9.48. The molecule has 0 spiro atoms. The number of nitrogens with zero attached hydrogens (tertiary/aromatic N) is 2. The lowest BCUT2D eigenvalue weighted by Gasteiger charge is -2.26. The molecule has 0 saturated heterocycles. The number of benzene rings is 4. The second-order valence-corrected chi connectivity index (χ2v) is 11.0. The predicted octanol–water partition coefficient (Wildman–Crippen LogP) is 6.43. The van der Waals surface area contributed by atoms with Gasteiger partial charge in [0.15, 0.2) is 0 Å². The average molecular weight is 595 g/mol. The van der Waals surface area contributed by atoms with Crippen LogP contribution in [0.15, 0.2) is 95.9 Å². The first-order chi connectivity index (χ1) is 20.1. The molecule has 1 amide bonds. The summed E-state index contributed by atoms with van der Waals surface area (Å²) in [6, 6.07) is 22.0. The van der Waals surface area contributed by atoms with E-state index in [2.05, 4.69) is 0 Å². The van der Waals surface area contributed by atoms with Gasteiger partial charge in [0.05, 0.1) is 13.7 Å². The van der Waals surface area contributed by atoms with Crippen molar-refractivity contribution in [3.63, 3.8) is 0 Å². The van der Waals surface area contributed by atoms with Crippen molar-refractivity contribution >= 4 is 21.7 Å². The van der Waals surface area contributed by atoms with E-state index in [1.165, 1.54) is 66.6 Å². The van der Waals surface area contributed by atoms with Crippen LogP contribution < -0.4 is 13.8 Å². The standard InChI is InChI=1S/C32H32F2N2O5S/c1-4-35(5-2)28-14-11-25(31(20-28)41-42(38,39)30-17-15-29(40-3)16-18-30)22-36(21-23-9-12-26(33)13-10-23)32(37)24-7-6-8-27(34)19-24/h6-20H,4-5,21-22H2,1-3H3. The van der Waals surface area contributed by atoms with Crippen molar-refractivity contribution in [3.8, 4) is 11.5 Å². The van der Waals surface area contributed by atoms with Crippen LogP contribution in [0, 0.1) is 11.6 Å². The molecule has 10 heteroatoms. The Kier molecular flexibility index (Phi) is 9.80. The summed E-state index contributed by atoms with van der Waals surface area (Å²) in [4.78, 5) is 17.0. The van der Waals surface area contributed by atoms with Gasteiger partial charge in [0.25, 0.3) is 5.91 Å². The minimum absolute atomic E-state index is 0.0476. The number of amides is 1. The first kappa shape index (κ1) is 30.5. The lowest BCUT2D eigenvalue weighted by Crippen LogP contribution is -2.30. The van der Waals surface area contributed by atoms with Crippen LogP contribution in [0.25, 0.3) is 0 Å². The molecule has 4 aromatic rings. The minimum atomic E-state index is -4.26. The minimum Gasteiger partial charge on any atom is -0.497 e. The van der Waals surface area contributed by atoms with E-state index in [-0.39, 0.29) is 29.3 Å². The van der Waals surface area contributed by atoms with Crippen LogP contribution in [0.5, 0.6) is 11.5 Å². The predicted molar refractivity (Wildman–Crippen MR) is 157 cm³/mol. The van der Waals surface area contributed by atoms with Crippen molar-refractivity contribution in [2.75, 3.05) is 25.1 Å². The van der Waals surface area contributed by atoms with Crippen LogP contribution in [0.4, 0.5) is 14.5 Å². The Morgan fingerprint density at radius 1 is 0.810 bits per heavy atom. The van der Waals surface area contributed by atoms with Gasteiger partial charge in [-0.25, -0.2) is 8.78 Å². The van der Waals surface area contributed by atoms with E-state index in [4.69, 9.17) is 8.92 Å². The van der Waals surface area contributed by atoms with Gasteiger partial charge in [-0.1, -0.05) is 24.3 Å². The topological polar surface area (TPSA) is 76.2 Å². The van der Waals surface area contributed by atoms with E-state index >= 15 is 0 Å². The molecular weight excluding hydrogens is 562 g/mol. The molecule has 0 atom stereocenters. The van der Waals surface area contributed by atoms with Gasteiger partial charge in [-0.2, -0.15) is 8.42 Å². The van der Waals surface area contributed by atoms with Crippen molar-refractivity contribution in [3.05, 3.63) is 119 Å². The number of hydrogen-bond acceptors (Lipinski definition) is 6. The average Bonchev–Trinajstić information content (AvgIpc) is 2.99. The number of hydrogen-bond donors (Lipinski definition) is 0. The summed E-state index contributed by atoms with van der Waals surface area (Å²) in [6.07, 6.45) is 0. The lowest BCUT2D eigenvalue weighted by atomic mass is 10.1. The maximum Gasteiger partial charge on any atom is 0.339 e. The molecule has 0 radical (unpaired) electrons. The zero-order chi connectivity index (χ0) is 30.3. The Morgan fingerprint density at radius 2 is 1.50 bits per heavy atom. The summed E-state index contributed by atoms with van der Waals surface area (Å²) in [5.74, 6) is -0.943. The zero-order valence-corrected chi connectivity index (χ0v) is 24.4. The van der Waals surface area contributed by atoms with Gasteiger partial charge in [0.2, 0.25) is 0 Å². The maximum absolute atomic E-state index is 14.0. The fourth-order valence-corrected chi connectivity index (χ4v) is 5.42. The van der Waals surface area contributed by atoms with Crippen LogP contribution >= 0.6 is 0 Å². The SMILES string of the molecule is CCN(CC)c1ccc(CN(Cc2ccc(F)cc2)C(=O)c2cccc(F)c2)c(OS(=O)(=O)c2ccc(OC)cc2)c1. The van der Waals surface area contributed by atoms with E-state index in [0.29, 0.717) is 30.0 Å². The lowest BCUT2D eigenvalue weighted by molar-refractivity contribution is 0.0729. The van der Waals surface area contributed by atoms with Crippen molar-refractivity contribution in [2.24, 2.45) is 0 Å². The first-order valence-electron chi connectivity index (χ1n) is 13.4. The fraction of sp³-hybridized carbons (Fsp3) is 0.219. The molecule has 0 N–H and O–H groups in total. The number of halogens is 2. The van der Waals surface area contributed by atoms with E-state index in [0.717, 1.165) is 11.8 Å². The molecule has 7 nitrogen and oxygen atoms in total. The molecule has 0 unspecified atom stereocenters. The summed E-state index contributed by atoms with van der Waals surface area (Å²) >= 11 is 0. The highest BCUT2D eigenvalue weighted by Gasteiger charge is 2.24. The number of anilines is 1. The Bertz CT molecular complexity index is 1620. The van der Waals surface area contributed by atoms with E-state index in [1.807, 2.05) is 24.8 Å². The third-order valence-electron chi connectivity index (χ3n) is 6.73. The Balaban J connectivity index is 1.75. The van der Waals surface area contributed by atoms with Crippen molar-refractivity contribution in [1.29, 1.82) is 0 Å². The largest absolute Gasteiger partial charge is 0.497 e. The number of carbonyl (C=O) groups is 1. The Morgan fingerprint density at radius 3 is 2.12 bits per heavy atom. The third-order valence-corrected chi connectivity index (χ3v) is 7.98. The van der Waals surface area contributed by atoms with Crippen molar-refractivity contribution in [1.82, 2.24) is 4.90 Å². The fourth-order valence-electron chi connectivity index (χ4n) is 4.46. The van der Waals surface area contributed by atoms with E-state index < -0.39 is 27.7 Å². The number of carbonyl (C=O) groups excluding carboxylic acids is 1. The molecule has 0 aliphatic heterocycles. The highest BCUT2D eigenvalue weighted by molar-refractivity contribution is 7.87. The summed E-state index contributed by atoms with van der Waals surface area (Å²) < 4.78 is 65.1. The molecule has 0 fully saturated rings. The first-order valence-corrected chi connectivity index (χ1v) is 14.8. The van der Waals surface area contributed by atoms with Gasteiger partial charge < -0.3 is 18.7 Å². The molecule has 220 valence electrons. The normalized spacial score (nSPS) is 11.2. The van der Waals surface area contributed by atoms with Gasteiger partial charge in [-0.05, 0) is 80.1 Å². The molecule has 0 aromatic heterocycles. The molecule has 0 saturated carbocycles.